The number of rotatable bonds is 7. The Balaban J connectivity index is 2.27. The number of fused-ring (bicyclic) bond motifs is 1. The lowest BCUT2D eigenvalue weighted by Crippen LogP contribution is -2.42. The minimum atomic E-state index is -3.79. The summed E-state index contributed by atoms with van der Waals surface area (Å²) in [5.41, 5.74) is 0.424. The van der Waals surface area contributed by atoms with E-state index in [1.54, 1.807) is 24.6 Å². The molecule has 0 aliphatic heterocycles. The van der Waals surface area contributed by atoms with Crippen LogP contribution >= 0.6 is 0 Å². The van der Waals surface area contributed by atoms with Gasteiger partial charge in [-0.15, -0.1) is 5.10 Å². The fraction of sp³-hybridized carbons (Fsp3) is 0.500. The van der Waals surface area contributed by atoms with Crippen molar-refractivity contribution in [2.45, 2.75) is 64.8 Å². The highest BCUT2D eigenvalue weighted by Crippen LogP contribution is 2.32. The van der Waals surface area contributed by atoms with Crippen LogP contribution < -0.4 is 10.3 Å². The van der Waals surface area contributed by atoms with Crippen molar-refractivity contribution in [3.63, 3.8) is 0 Å². The molecule has 3 rings (SSSR count). The highest BCUT2D eigenvalue weighted by molar-refractivity contribution is 7.89. The minimum Gasteiger partial charge on any atom is -0.493 e. The van der Waals surface area contributed by atoms with Crippen molar-refractivity contribution in [3.05, 3.63) is 40.1 Å². The number of nitrogens with zero attached hydrogens (tertiary/aromatic N) is 4. The molecule has 1 N–H and O–H groups in total. The van der Waals surface area contributed by atoms with Gasteiger partial charge in [0.25, 0.3) is 5.56 Å². The summed E-state index contributed by atoms with van der Waals surface area (Å²) in [7, 11) is -2.24. The average Bonchev–Trinajstić information content (AvgIpc) is 3.03. The second kappa shape index (κ2) is 8.67. The van der Waals surface area contributed by atoms with Crippen LogP contribution in [0.15, 0.2) is 27.9 Å². The first-order valence-electron chi connectivity index (χ1n) is 10.7. The van der Waals surface area contributed by atoms with Gasteiger partial charge in [-0.1, -0.05) is 6.92 Å². The third-order valence-corrected chi connectivity index (χ3v) is 7.44. The quantitative estimate of drug-likeness (QED) is 0.579. The van der Waals surface area contributed by atoms with Gasteiger partial charge in [0.1, 0.15) is 11.6 Å². The Bertz CT molecular complexity index is 1300. The number of hydrogen-bond acceptors (Lipinski definition) is 6. The molecule has 1 aromatic carbocycles. The number of sulfonamides is 1. The van der Waals surface area contributed by atoms with Gasteiger partial charge in [-0.05, 0) is 59.2 Å². The molecule has 0 aliphatic carbocycles. The summed E-state index contributed by atoms with van der Waals surface area (Å²) < 4.78 is 35.1. The molecular formula is C22H31N5O4S. The van der Waals surface area contributed by atoms with Gasteiger partial charge in [0.2, 0.25) is 10.0 Å². The first-order chi connectivity index (χ1) is 14.9. The fourth-order valence-corrected chi connectivity index (χ4v) is 4.94. The van der Waals surface area contributed by atoms with E-state index in [-0.39, 0.29) is 16.3 Å². The van der Waals surface area contributed by atoms with E-state index in [0.717, 1.165) is 6.42 Å². The van der Waals surface area contributed by atoms with Gasteiger partial charge < -0.3 is 9.72 Å². The number of ether oxygens (including phenoxy) is 1. The summed E-state index contributed by atoms with van der Waals surface area (Å²) in [4.78, 5) is 20.2. The number of hydrogen-bond donors (Lipinski definition) is 1. The van der Waals surface area contributed by atoms with E-state index in [4.69, 9.17) is 4.74 Å². The fourth-order valence-electron chi connectivity index (χ4n) is 3.40. The summed E-state index contributed by atoms with van der Waals surface area (Å²) in [6.45, 7) is 11.5. The smallest absolute Gasteiger partial charge is 0.277 e. The zero-order chi connectivity index (χ0) is 23.8. The number of H-pyrrole nitrogens is 1. The third kappa shape index (κ3) is 4.29. The van der Waals surface area contributed by atoms with Gasteiger partial charge in [0.15, 0.2) is 11.3 Å². The minimum absolute atomic E-state index is 0.0896. The second-order valence-corrected chi connectivity index (χ2v) is 10.6. The highest BCUT2D eigenvalue weighted by atomic mass is 32.2. The monoisotopic (exact) mass is 461 g/mol. The van der Waals surface area contributed by atoms with Gasteiger partial charge >= 0.3 is 0 Å². The van der Waals surface area contributed by atoms with E-state index < -0.39 is 15.6 Å². The first-order valence-corrected chi connectivity index (χ1v) is 12.1. The van der Waals surface area contributed by atoms with E-state index in [9.17, 15) is 13.2 Å². The zero-order valence-electron chi connectivity index (χ0n) is 19.7. The maximum absolute atomic E-state index is 13.2. The molecule has 0 fully saturated rings. The number of nitrogens with one attached hydrogen (secondary N) is 1. The van der Waals surface area contributed by atoms with Crippen molar-refractivity contribution >= 4 is 15.5 Å². The molecule has 32 heavy (non-hydrogen) atoms. The standard InChI is InChI=1S/C22H31N5O4S/c1-8-10-18-23-14(3)19-21(28)24-20(25-27(18)19)16-13-15(11-12-17(16)31-9-2)32(29,30)26(7)22(4,5)6/h11-13H,8-10H2,1-7H3,(H,24,25,28). The van der Waals surface area contributed by atoms with Crippen molar-refractivity contribution in [1.29, 1.82) is 0 Å². The molecule has 0 saturated carbocycles. The van der Waals surface area contributed by atoms with Gasteiger partial charge in [-0.2, -0.15) is 4.31 Å². The maximum Gasteiger partial charge on any atom is 0.277 e. The van der Waals surface area contributed by atoms with Gasteiger partial charge in [0, 0.05) is 19.0 Å². The summed E-state index contributed by atoms with van der Waals surface area (Å²) in [6, 6.07) is 4.60. The predicted molar refractivity (Wildman–Crippen MR) is 124 cm³/mol. The number of aromatic amines is 1. The van der Waals surface area contributed by atoms with Crippen LogP contribution in [0.2, 0.25) is 0 Å². The van der Waals surface area contributed by atoms with Gasteiger partial charge in [0.05, 0.1) is 22.8 Å². The zero-order valence-corrected chi connectivity index (χ0v) is 20.5. The third-order valence-electron chi connectivity index (χ3n) is 5.33. The average molecular weight is 462 g/mol. The Kier molecular flexibility index (Phi) is 6.48. The summed E-state index contributed by atoms with van der Waals surface area (Å²) in [5, 5.41) is 4.62. The van der Waals surface area contributed by atoms with E-state index in [0.29, 0.717) is 41.4 Å². The van der Waals surface area contributed by atoms with Crippen LogP contribution in [0.25, 0.3) is 16.9 Å². The van der Waals surface area contributed by atoms with Crippen molar-refractivity contribution < 1.29 is 13.2 Å². The molecule has 2 aromatic heterocycles. The van der Waals surface area contributed by atoms with Crippen molar-refractivity contribution in [3.8, 4) is 17.1 Å². The van der Waals surface area contributed by atoms with Crippen LogP contribution in [0.3, 0.4) is 0 Å². The molecule has 0 atom stereocenters. The Labute approximate surface area is 188 Å². The lowest BCUT2D eigenvalue weighted by atomic mass is 10.1. The number of benzene rings is 1. The molecule has 0 saturated heterocycles. The van der Waals surface area contributed by atoms with Crippen LogP contribution in [0.4, 0.5) is 0 Å². The van der Waals surface area contributed by atoms with Crippen LogP contribution in [0.1, 0.15) is 52.6 Å². The lowest BCUT2D eigenvalue weighted by Gasteiger charge is -2.31. The molecule has 0 aliphatic rings. The maximum atomic E-state index is 13.2. The number of imidazole rings is 1. The Morgan fingerprint density at radius 3 is 2.50 bits per heavy atom. The van der Waals surface area contributed by atoms with Crippen molar-refractivity contribution in [2.75, 3.05) is 13.7 Å². The van der Waals surface area contributed by atoms with E-state index in [1.165, 1.54) is 16.4 Å². The summed E-state index contributed by atoms with van der Waals surface area (Å²) >= 11 is 0. The molecule has 9 nitrogen and oxygen atoms in total. The van der Waals surface area contributed by atoms with Crippen LogP contribution in [0, 0.1) is 6.92 Å². The molecule has 0 amide bonds. The molecular weight excluding hydrogens is 430 g/mol. The molecule has 174 valence electrons. The lowest BCUT2D eigenvalue weighted by molar-refractivity contribution is 0.291. The van der Waals surface area contributed by atoms with Gasteiger partial charge in [-0.3, -0.25) is 4.79 Å². The van der Waals surface area contributed by atoms with Crippen molar-refractivity contribution in [2.24, 2.45) is 0 Å². The van der Waals surface area contributed by atoms with E-state index in [1.807, 2.05) is 34.6 Å². The molecule has 10 heteroatoms. The van der Waals surface area contributed by atoms with Crippen LogP contribution in [0.5, 0.6) is 5.75 Å². The van der Waals surface area contributed by atoms with Gasteiger partial charge in [-0.25, -0.2) is 17.9 Å². The Hall–Kier alpha value is -2.72. The Morgan fingerprint density at radius 1 is 1.22 bits per heavy atom. The second-order valence-electron chi connectivity index (χ2n) is 8.66. The normalized spacial score (nSPS) is 12.6. The van der Waals surface area contributed by atoms with Crippen LogP contribution in [-0.2, 0) is 16.4 Å². The number of aryl methyl sites for hydroxylation is 2. The topological polar surface area (TPSA) is 110 Å². The van der Waals surface area contributed by atoms with E-state index in [2.05, 4.69) is 15.1 Å². The van der Waals surface area contributed by atoms with E-state index >= 15 is 0 Å². The molecule has 0 radical (unpaired) electrons. The highest BCUT2D eigenvalue weighted by Gasteiger charge is 2.31. The molecule has 0 bridgehead atoms. The predicted octanol–water partition coefficient (Wildman–Crippen LogP) is 3.16. The summed E-state index contributed by atoms with van der Waals surface area (Å²) in [6.07, 6.45) is 1.51. The first kappa shape index (κ1) is 23.9. The largest absolute Gasteiger partial charge is 0.493 e. The van der Waals surface area contributed by atoms with Crippen LogP contribution in [-0.4, -0.2) is 51.5 Å². The summed E-state index contributed by atoms with van der Waals surface area (Å²) in [5.74, 6) is 1.33. The number of aromatic nitrogens is 4. The molecule has 0 unspecified atom stereocenters. The molecule has 2 heterocycles. The molecule has 0 spiro atoms. The Morgan fingerprint density at radius 2 is 1.91 bits per heavy atom. The SMILES string of the molecule is CCCc1nc(C)c2c(=O)[nH]c(-c3cc(S(=O)(=O)N(C)C(C)(C)C)ccc3OCC)nn12. The molecule has 3 aromatic rings. The van der Waals surface area contributed by atoms with Crippen molar-refractivity contribution in [1.82, 2.24) is 23.9 Å².